The zero-order valence-corrected chi connectivity index (χ0v) is 10.6. The van der Waals surface area contributed by atoms with Crippen molar-refractivity contribution in [1.82, 2.24) is 14.7 Å². The normalized spacial score (nSPS) is 13.8. The zero-order valence-electron chi connectivity index (χ0n) is 9.80. The molecule has 0 aliphatic rings. The van der Waals surface area contributed by atoms with Crippen LogP contribution in [0.5, 0.6) is 0 Å². The molecule has 0 radical (unpaired) electrons. The molecule has 1 unspecified atom stereocenters. The third-order valence-corrected chi connectivity index (χ3v) is 3.57. The van der Waals surface area contributed by atoms with Gasteiger partial charge < -0.3 is 14.8 Å². The first-order chi connectivity index (χ1) is 8.03. The van der Waals surface area contributed by atoms with Gasteiger partial charge in [0.2, 0.25) is 0 Å². The van der Waals surface area contributed by atoms with Crippen molar-refractivity contribution in [3.8, 4) is 0 Å². The molecule has 0 amide bonds. The number of aromatic amines is 1. The van der Waals surface area contributed by atoms with Crippen LogP contribution in [0.1, 0.15) is 12.7 Å². The number of H-pyrrole nitrogens is 1. The van der Waals surface area contributed by atoms with Crippen LogP contribution in [-0.4, -0.2) is 49.9 Å². The summed E-state index contributed by atoms with van der Waals surface area (Å²) in [4.78, 5) is 6.60. The minimum absolute atomic E-state index is 0.0103. The van der Waals surface area contributed by atoms with E-state index >= 15 is 0 Å². The molecule has 17 heavy (non-hydrogen) atoms. The summed E-state index contributed by atoms with van der Waals surface area (Å²) in [6.07, 6.45) is 1.87. The fraction of sp³-hybridized carbons (Fsp3) is 0.667. The number of nitrogens with one attached hydrogen (secondary N) is 2. The second kappa shape index (κ2) is 6.10. The number of sulfonamides is 1. The first kappa shape index (κ1) is 14.1. The van der Waals surface area contributed by atoms with Crippen molar-refractivity contribution in [3.63, 3.8) is 0 Å². The summed E-state index contributed by atoms with van der Waals surface area (Å²) < 4.78 is 30.8. The van der Waals surface area contributed by atoms with E-state index in [1.807, 2.05) is 6.92 Å². The lowest BCUT2D eigenvalue weighted by molar-refractivity contribution is 0.139. The molecule has 0 saturated carbocycles. The molecule has 0 spiro atoms. The van der Waals surface area contributed by atoms with E-state index in [0.717, 1.165) is 0 Å². The zero-order chi connectivity index (χ0) is 12.9. The maximum atomic E-state index is 11.9. The van der Waals surface area contributed by atoms with Gasteiger partial charge in [0.25, 0.3) is 10.0 Å². The lowest BCUT2D eigenvalue weighted by Crippen LogP contribution is -2.40. The van der Waals surface area contributed by atoms with Crippen LogP contribution in [0.15, 0.2) is 11.2 Å². The number of aliphatic hydroxyl groups excluding tert-OH is 1. The van der Waals surface area contributed by atoms with Gasteiger partial charge in [-0.3, -0.25) is 0 Å². The Balaban J connectivity index is 2.80. The molecule has 0 saturated heterocycles. The van der Waals surface area contributed by atoms with Gasteiger partial charge in [-0.2, -0.15) is 0 Å². The van der Waals surface area contributed by atoms with Gasteiger partial charge in [0.1, 0.15) is 5.82 Å². The smallest absolute Gasteiger partial charge is 0.258 e. The maximum absolute atomic E-state index is 11.9. The Morgan fingerprint density at radius 3 is 2.82 bits per heavy atom. The van der Waals surface area contributed by atoms with Gasteiger partial charge in [-0.25, -0.2) is 18.1 Å². The average molecular weight is 263 g/mol. The quantitative estimate of drug-likeness (QED) is 0.601. The number of ether oxygens (including phenoxy) is 1. The molecule has 3 N–H and O–H groups in total. The molecule has 1 aromatic rings. The Kier molecular flexibility index (Phi) is 5.06. The van der Waals surface area contributed by atoms with Crippen molar-refractivity contribution >= 4 is 10.0 Å². The highest BCUT2D eigenvalue weighted by atomic mass is 32.2. The average Bonchev–Trinajstić information content (AvgIpc) is 2.77. The van der Waals surface area contributed by atoms with Crippen LogP contribution in [0.2, 0.25) is 0 Å². The molecular weight excluding hydrogens is 246 g/mol. The van der Waals surface area contributed by atoms with Crippen molar-refractivity contribution in [2.45, 2.75) is 24.4 Å². The Hall–Kier alpha value is -0.960. The molecule has 98 valence electrons. The van der Waals surface area contributed by atoms with Crippen molar-refractivity contribution < 1.29 is 18.3 Å². The molecule has 8 heteroatoms. The van der Waals surface area contributed by atoms with Crippen LogP contribution < -0.4 is 4.72 Å². The van der Waals surface area contributed by atoms with Gasteiger partial charge >= 0.3 is 0 Å². The van der Waals surface area contributed by atoms with E-state index in [1.54, 1.807) is 0 Å². The Labute approximate surface area is 100 Å². The number of methoxy groups -OCH3 is 1. The molecule has 1 atom stereocenters. The van der Waals surface area contributed by atoms with Crippen molar-refractivity contribution in [1.29, 1.82) is 0 Å². The summed E-state index contributed by atoms with van der Waals surface area (Å²) in [5.41, 5.74) is 0. The van der Waals surface area contributed by atoms with Gasteiger partial charge in [0.15, 0.2) is 5.03 Å². The van der Waals surface area contributed by atoms with Gasteiger partial charge in [-0.05, 0) is 0 Å². The number of hydrogen-bond acceptors (Lipinski definition) is 5. The number of aliphatic hydroxyl groups is 1. The highest BCUT2D eigenvalue weighted by molar-refractivity contribution is 7.89. The Bertz CT molecular complexity index is 443. The second-order valence-electron chi connectivity index (χ2n) is 3.50. The van der Waals surface area contributed by atoms with E-state index in [9.17, 15) is 8.42 Å². The Morgan fingerprint density at radius 1 is 1.65 bits per heavy atom. The van der Waals surface area contributed by atoms with E-state index in [4.69, 9.17) is 9.84 Å². The summed E-state index contributed by atoms with van der Waals surface area (Å²) in [7, 11) is -2.26. The van der Waals surface area contributed by atoms with Gasteiger partial charge in [-0.1, -0.05) is 6.92 Å². The van der Waals surface area contributed by atoms with Crippen LogP contribution in [-0.2, 0) is 21.2 Å². The summed E-state index contributed by atoms with van der Waals surface area (Å²) in [5.74, 6) is 0.595. The maximum Gasteiger partial charge on any atom is 0.258 e. The van der Waals surface area contributed by atoms with E-state index < -0.39 is 16.1 Å². The third kappa shape index (κ3) is 3.77. The lowest BCUT2D eigenvalue weighted by Gasteiger charge is -2.14. The number of hydrogen-bond donors (Lipinski definition) is 3. The molecule has 0 aliphatic carbocycles. The van der Waals surface area contributed by atoms with Gasteiger partial charge in [0.05, 0.1) is 25.5 Å². The highest BCUT2D eigenvalue weighted by Gasteiger charge is 2.21. The molecule has 0 aliphatic heterocycles. The van der Waals surface area contributed by atoms with E-state index in [0.29, 0.717) is 12.2 Å². The number of nitrogens with zero attached hydrogens (tertiary/aromatic N) is 1. The van der Waals surface area contributed by atoms with Crippen molar-refractivity contribution in [2.24, 2.45) is 0 Å². The topological polar surface area (TPSA) is 104 Å². The molecule has 1 rings (SSSR count). The summed E-state index contributed by atoms with van der Waals surface area (Å²) >= 11 is 0. The first-order valence-electron chi connectivity index (χ1n) is 5.19. The summed E-state index contributed by atoms with van der Waals surface area (Å²) in [6.45, 7) is 1.64. The van der Waals surface area contributed by atoms with Gasteiger partial charge in [-0.15, -0.1) is 0 Å². The molecule has 0 bridgehead atoms. The molecule has 0 aromatic carbocycles. The van der Waals surface area contributed by atoms with Crippen molar-refractivity contribution in [2.75, 3.05) is 20.3 Å². The van der Waals surface area contributed by atoms with Crippen LogP contribution in [0.3, 0.4) is 0 Å². The van der Waals surface area contributed by atoms with Crippen LogP contribution in [0, 0.1) is 0 Å². The van der Waals surface area contributed by atoms with Crippen LogP contribution in [0.4, 0.5) is 0 Å². The molecule has 7 nitrogen and oxygen atoms in total. The van der Waals surface area contributed by atoms with Gasteiger partial charge in [0, 0.05) is 13.5 Å². The largest absolute Gasteiger partial charge is 0.395 e. The third-order valence-electron chi connectivity index (χ3n) is 2.14. The Morgan fingerprint density at radius 2 is 2.35 bits per heavy atom. The number of rotatable bonds is 7. The summed E-state index contributed by atoms with van der Waals surface area (Å²) in [6, 6.07) is -0.668. The predicted octanol–water partition coefficient (Wildman–Crippen LogP) is -0.742. The second-order valence-corrected chi connectivity index (χ2v) is 5.19. The fourth-order valence-electron chi connectivity index (χ4n) is 1.27. The first-order valence-corrected chi connectivity index (χ1v) is 6.67. The molecule has 0 fully saturated rings. The number of aromatic nitrogens is 2. The van der Waals surface area contributed by atoms with Crippen LogP contribution in [0.25, 0.3) is 0 Å². The molecule has 1 aromatic heterocycles. The SMILES string of the molecule is CCc1ncc(S(=O)(=O)NC(CO)COC)[nH]1. The van der Waals surface area contributed by atoms with Crippen LogP contribution >= 0.6 is 0 Å². The van der Waals surface area contributed by atoms with Crippen molar-refractivity contribution in [3.05, 3.63) is 12.0 Å². The monoisotopic (exact) mass is 263 g/mol. The lowest BCUT2D eigenvalue weighted by atomic mass is 10.4. The molecule has 1 heterocycles. The van der Waals surface area contributed by atoms with E-state index in [-0.39, 0.29) is 18.2 Å². The number of aryl methyl sites for hydroxylation is 1. The minimum atomic E-state index is -3.69. The molecular formula is C9H17N3O4S. The minimum Gasteiger partial charge on any atom is -0.395 e. The standard InChI is InChI=1S/C9H17N3O4S/c1-3-8-10-4-9(11-8)17(14,15)12-7(5-13)6-16-2/h4,7,12-13H,3,5-6H2,1-2H3,(H,10,11). The summed E-state index contributed by atoms with van der Waals surface area (Å²) in [5, 5.41) is 8.98. The fourth-order valence-corrected chi connectivity index (χ4v) is 2.42. The highest BCUT2D eigenvalue weighted by Crippen LogP contribution is 2.06. The number of imidazole rings is 1. The predicted molar refractivity (Wildman–Crippen MR) is 61.0 cm³/mol. The van der Waals surface area contributed by atoms with E-state index in [2.05, 4.69) is 14.7 Å². The van der Waals surface area contributed by atoms with E-state index in [1.165, 1.54) is 13.3 Å².